The SMILES string of the molecule is CCCNC(=O)C1CCN(S(=O)(=O)c2ccc(Cl)c(C(F)(F)F)c2)CC1. The molecule has 146 valence electrons. The second-order valence-electron chi connectivity index (χ2n) is 6.11. The van der Waals surface area contributed by atoms with E-state index in [1.165, 1.54) is 0 Å². The molecule has 1 fully saturated rings. The van der Waals surface area contributed by atoms with Gasteiger partial charge < -0.3 is 5.32 Å². The molecule has 0 atom stereocenters. The van der Waals surface area contributed by atoms with Gasteiger partial charge in [-0.25, -0.2) is 8.42 Å². The van der Waals surface area contributed by atoms with Crippen molar-refractivity contribution < 1.29 is 26.4 Å². The molecule has 1 N–H and O–H groups in total. The Bertz CT molecular complexity index is 760. The Kier molecular flexibility index (Phi) is 6.57. The number of rotatable bonds is 5. The van der Waals surface area contributed by atoms with Crippen LogP contribution >= 0.6 is 11.6 Å². The van der Waals surface area contributed by atoms with Gasteiger partial charge in [-0.2, -0.15) is 17.5 Å². The number of hydrogen-bond acceptors (Lipinski definition) is 3. The number of alkyl halides is 3. The number of nitrogens with zero attached hydrogens (tertiary/aromatic N) is 1. The molecule has 0 radical (unpaired) electrons. The quantitative estimate of drug-likeness (QED) is 0.807. The Hall–Kier alpha value is -1.32. The summed E-state index contributed by atoms with van der Waals surface area (Å²) in [5.74, 6) is -0.404. The molecule has 0 unspecified atom stereocenters. The van der Waals surface area contributed by atoms with E-state index in [0.717, 1.165) is 22.9 Å². The third kappa shape index (κ3) is 4.69. The van der Waals surface area contributed by atoms with Gasteiger partial charge >= 0.3 is 6.18 Å². The second kappa shape index (κ2) is 8.14. The zero-order valence-electron chi connectivity index (χ0n) is 14.1. The van der Waals surface area contributed by atoms with Crippen molar-refractivity contribution in [3.63, 3.8) is 0 Å². The predicted molar refractivity (Wildman–Crippen MR) is 91.2 cm³/mol. The van der Waals surface area contributed by atoms with E-state index in [2.05, 4.69) is 5.32 Å². The number of carbonyl (C=O) groups excluding carboxylic acids is 1. The van der Waals surface area contributed by atoms with E-state index in [1.807, 2.05) is 6.92 Å². The Morgan fingerprint density at radius 3 is 2.46 bits per heavy atom. The Morgan fingerprint density at radius 2 is 1.92 bits per heavy atom. The molecule has 0 aliphatic carbocycles. The van der Waals surface area contributed by atoms with Gasteiger partial charge in [-0.1, -0.05) is 18.5 Å². The minimum absolute atomic E-state index is 0.0799. The van der Waals surface area contributed by atoms with Gasteiger partial charge in [0.05, 0.1) is 15.5 Å². The number of carbonyl (C=O) groups is 1. The van der Waals surface area contributed by atoms with E-state index in [9.17, 15) is 26.4 Å². The molecule has 0 spiro atoms. The predicted octanol–water partition coefficient (Wildman–Crippen LogP) is 3.29. The highest BCUT2D eigenvalue weighted by Crippen LogP contribution is 2.36. The summed E-state index contributed by atoms with van der Waals surface area (Å²) in [6, 6.07) is 2.55. The third-order valence-corrected chi connectivity index (χ3v) is 6.48. The van der Waals surface area contributed by atoms with Crippen molar-refractivity contribution in [2.75, 3.05) is 19.6 Å². The molecule has 0 bridgehead atoms. The number of sulfonamides is 1. The molecule has 0 aromatic heterocycles. The van der Waals surface area contributed by atoms with E-state index >= 15 is 0 Å². The minimum Gasteiger partial charge on any atom is -0.356 e. The summed E-state index contributed by atoms with van der Waals surface area (Å²) in [6.45, 7) is 2.65. The van der Waals surface area contributed by atoms with Crippen LogP contribution in [0.25, 0.3) is 0 Å². The molecule has 1 aliphatic rings. The first kappa shape index (κ1) is 21.0. The average Bonchev–Trinajstić information content (AvgIpc) is 2.59. The average molecular weight is 413 g/mol. The summed E-state index contributed by atoms with van der Waals surface area (Å²) in [6.07, 6.45) is -3.28. The number of hydrogen-bond donors (Lipinski definition) is 1. The molecule has 10 heteroatoms. The molecule has 1 amide bonds. The van der Waals surface area contributed by atoms with Crippen LogP contribution in [-0.2, 0) is 21.0 Å². The van der Waals surface area contributed by atoms with Crippen LogP contribution in [0.2, 0.25) is 5.02 Å². The van der Waals surface area contributed by atoms with Crippen molar-refractivity contribution in [2.24, 2.45) is 5.92 Å². The highest BCUT2D eigenvalue weighted by atomic mass is 35.5. The molecule has 1 heterocycles. The lowest BCUT2D eigenvalue weighted by molar-refractivity contribution is -0.137. The van der Waals surface area contributed by atoms with Crippen molar-refractivity contribution in [3.05, 3.63) is 28.8 Å². The van der Waals surface area contributed by atoms with Crippen molar-refractivity contribution in [3.8, 4) is 0 Å². The number of halogens is 4. The number of nitrogens with one attached hydrogen (secondary N) is 1. The lowest BCUT2D eigenvalue weighted by Crippen LogP contribution is -2.43. The zero-order valence-corrected chi connectivity index (χ0v) is 15.7. The molecule has 0 saturated carbocycles. The standard InChI is InChI=1S/C16H20ClF3N2O3S/c1-2-7-21-15(23)11-5-8-22(9-6-11)26(24,25)12-3-4-14(17)13(10-12)16(18,19)20/h3-4,10-11H,2,5-9H2,1H3,(H,21,23). The first-order chi connectivity index (χ1) is 12.1. The molecular weight excluding hydrogens is 393 g/mol. The van der Waals surface area contributed by atoms with Crippen molar-refractivity contribution in [1.82, 2.24) is 9.62 Å². The number of amides is 1. The summed E-state index contributed by atoms with van der Waals surface area (Å²) in [4.78, 5) is 11.5. The fourth-order valence-corrected chi connectivity index (χ4v) is 4.50. The molecule has 1 aliphatic heterocycles. The monoisotopic (exact) mass is 412 g/mol. The summed E-state index contributed by atoms with van der Waals surface area (Å²) in [5.41, 5.74) is -1.19. The van der Waals surface area contributed by atoms with Gasteiger partial charge in [0.1, 0.15) is 0 Å². The largest absolute Gasteiger partial charge is 0.417 e. The van der Waals surface area contributed by atoms with Crippen LogP contribution in [0.5, 0.6) is 0 Å². The van der Waals surface area contributed by atoms with Crippen LogP contribution in [0, 0.1) is 5.92 Å². The van der Waals surface area contributed by atoms with Gasteiger partial charge in [-0.15, -0.1) is 0 Å². The second-order valence-corrected chi connectivity index (χ2v) is 8.45. The maximum Gasteiger partial charge on any atom is 0.417 e. The van der Waals surface area contributed by atoms with Gasteiger partial charge in [-0.05, 0) is 37.5 Å². The summed E-state index contributed by atoms with van der Waals surface area (Å²) < 4.78 is 65.3. The zero-order chi connectivity index (χ0) is 19.5. The Morgan fingerprint density at radius 1 is 1.31 bits per heavy atom. The maximum atomic E-state index is 13.0. The fraction of sp³-hybridized carbons (Fsp3) is 0.562. The van der Waals surface area contributed by atoms with Gasteiger partial charge in [-0.3, -0.25) is 4.79 Å². The van der Waals surface area contributed by atoms with Crippen LogP contribution in [0.15, 0.2) is 23.1 Å². The van der Waals surface area contributed by atoms with E-state index in [1.54, 1.807) is 0 Å². The van der Waals surface area contributed by atoms with Crippen molar-refractivity contribution >= 4 is 27.5 Å². The fourth-order valence-electron chi connectivity index (χ4n) is 2.78. The van der Waals surface area contributed by atoms with Crippen LogP contribution in [0.3, 0.4) is 0 Å². The molecule has 1 aromatic carbocycles. The molecule has 1 aromatic rings. The highest BCUT2D eigenvalue weighted by Gasteiger charge is 2.36. The van der Waals surface area contributed by atoms with Crippen LogP contribution in [0.4, 0.5) is 13.2 Å². The molecular formula is C16H20ClF3N2O3S. The van der Waals surface area contributed by atoms with Gasteiger partial charge in [0.15, 0.2) is 0 Å². The van der Waals surface area contributed by atoms with E-state index < -0.39 is 31.7 Å². The lowest BCUT2D eigenvalue weighted by atomic mass is 9.97. The minimum atomic E-state index is -4.74. The Balaban J connectivity index is 2.14. The van der Waals surface area contributed by atoms with Crippen molar-refractivity contribution in [2.45, 2.75) is 37.3 Å². The van der Waals surface area contributed by atoms with Crippen LogP contribution in [0.1, 0.15) is 31.7 Å². The number of benzene rings is 1. The highest BCUT2D eigenvalue weighted by molar-refractivity contribution is 7.89. The van der Waals surface area contributed by atoms with E-state index in [0.29, 0.717) is 25.5 Å². The smallest absolute Gasteiger partial charge is 0.356 e. The first-order valence-corrected chi connectivity index (χ1v) is 10.0. The van der Waals surface area contributed by atoms with Gasteiger partial charge in [0, 0.05) is 25.6 Å². The third-order valence-electron chi connectivity index (χ3n) is 4.25. The summed E-state index contributed by atoms with van der Waals surface area (Å²) in [7, 11) is -4.08. The van der Waals surface area contributed by atoms with Gasteiger partial charge in [0.2, 0.25) is 15.9 Å². The van der Waals surface area contributed by atoms with E-state index in [4.69, 9.17) is 11.6 Å². The lowest BCUT2D eigenvalue weighted by Gasteiger charge is -2.30. The normalized spacial score (nSPS) is 17.3. The molecule has 26 heavy (non-hydrogen) atoms. The first-order valence-electron chi connectivity index (χ1n) is 8.22. The molecule has 1 saturated heterocycles. The molecule has 5 nitrogen and oxygen atoms in total. The van der Waals surface area contributed by atoms with Gasteiger partial charge in [0.25, 0.3) is 0 Å². The Labute approximate surface area is 155 Å². The topological polar surface area (TPSA) is 66.5 Å². The van der Waals surface area contributed by atoms with E-state index in [-0.39, 0.29) is 24.9 Å². The maximum absolute atomic E-state index is 13.0. The van der Waals surface area contributed by atoms with Crippen LogP contribution in [-0.4, -0.2) is 38.3 Å². The van der Waals surface area contributed by atoms with Crippen LogP contribution < -0.4 is 5.32 Å². The number of piperidine rings is 1. The molecule has 2 rings (SSSR count). The van der Waals surface area contributed by atoms with Crippen molar-refractivity contribution in [1.29, 1.82) is 0 Å². The summed E-state index contributed by atoms with van der Waals surface area (Å²) >= 11 is 5.54. The summed E-state index contributed by atoms with van der Waals surface area (Å²) in [5, 5.41) is 2.22.